The number of nitrogens with one attached hydrogen (secondary N) is 4. The van der Waals surface area contributed by atoms with Crippen molar-refractivity contribution in [1.29, 1.82) is 0 Å². The van der Waals surface area contributed by atoms with Crippen molar-refractivity contribution < 1.29 is 26.0 Å². The molecule has 0 bridgehead atoms. The summed E-state index contributed by atoms with van der Waals surface area (Å²) < 4.78 is 57.6. The molecule has 328 valence electrons. The van der Waals surface area contributed by atoms with Gasteiger partial charge in [0, 0.05) is 127 Å². The summed E-state index contributed by atoms with van der Waals surface area (Å²) in [4.78, 5) is 27.1. The predicted molar refractivity (Wildman–Crippen MR) is 250 cm³/mol. The maximum atomic E-state index is 12.7. The van der Waals surface area contributed by atoms with Crippen LogP contribution >= 0.6 is 44.3 Å². The van der Waals surface area contributed by atoms with E-state index < -0.39 is 20.0 Å². The van der Waals surface area contributed by atoms with E-state index >= 15 is 0 Å². The van der Waals surface area contributed by atoms with E-state index in [4.69, 9.17) is 4.42 Å². The number of hydrogen-bond donors (Lipinski definition) is 4. The Labute approximate surface area is 379 Å². The lowest BCUT2D eigenvalue weighted by atomic mass is 10.1. The molecule has 4 N–H and O–H groups in total. The van der Waals surface area contributed by atoms with Crippen LogP contribution in [0.5, 0.6) is 0 Å². The number of nitrogens with zero attached hydrogens (tertiary/aromatic N) is 6. The molecule has 0 saturated carbocycles. The third kappa shape index (κ3) is 13.2. The van der Waals surface area contributed by atoms with Gasteiger partial charge in [-0.2, -0.15) is 8.61 Å². The van der Waals surface area contributed by atoms with E-state index in [9.17, 15) is 21.6 Å². The average molecular weight is 1030 g/mol. The van der Waals surface area contributed by atoms with Gasteiger partial charge in [0.15, 0.2) is 0 Å². The molecule has 0 atom stereocenters. The van der Waals surface area contributed by atoms with Gasteiger partial charge in [0.1, 0.15) is 28.8 Å². The molecule has 16 nitrogen and oxygen atoms in total. The Morgan fingerprint density at radius 3 is 1.95 bits per heavy atom. The number of aromatic nitrogens is 3. The number of hydrogen-bond acceptors (Lipinski definition) is 13. The maximum Gasteiger partial charge on any atom is 0.246 e. The van der Waals surface area contributed by atoms with Crippen molar-refractivity contribution in [3.8, 4) is 0 Å². The van der Waals surface area contributed by atoms with Crippen LogP contribution in [-0.4, -0.2) is 110 Å². The number of furan rings is 1. The van der Waals surface area contributed by atoms with Crippen molar-refractivity contribution in [3.05, 3.63) is 110 Å². The Balaban J connectivity index is 0.000000200. The first-order valence-corrected chi connectivity index (χ1v) is 24.3. The number of halogens is 3. The Morgan fingerprint density at radius 2 is 1.34 bits per heavy atom. The lowest BCUT2D eigenvalue weighted by molar-refractivity contribution is -0.125. The van der Waals surface area contributed by atoms with E-state index in [-0.39, 0.29) is 24.9 Å². The first kappa shape index (κ1) is 47.9. The highest BCUT2D eigenvalue weighted by atomic mass is 79.9. The minimum atomic E-state index is -3.31. The van der Waals surface area contributed by atoms with E-state index in [0.717, 1.165) is 79.2 Å². The van der Waals surface area contributed by atoms with Gasteiger partial charge < -0.3 is 30.6 Å². The molecule has 1 amide bonds. The molecular formula is C40H49Br2ClN10O6S2. The number of likely N-dealkylation sites (N-methyl/N-ethyl adjacent to an activating group) is 1. The number of pyridine rings is 3. The Bertz CT molecular complexity index is 2600. The van der Waals surface area contributed by atoms with Crippen LogP contribution in [0, 0.1) is 6.92 Å². The van der Waals surface area contributed by atoms with Crippen LogP contribution in [-0.2, 0) is 51.0 Å². The number of aryl methyl sites for hydroxylation is 1. The van der Waals surface area contributed by atoms with Gasteiger partial charge in [-0.1, -0.05) is 18.2 Å². The zero-order valence-electron chi connectivity index (χ0n) is 34.1. The molecule has 1 aromatic carbocycles. The summed E-state index contributed by atoms with van der Waals surface area (Å²) in [5.74, 6) is 3.01. The van der Waals surface area contributed by atoms with Crippen LogP contribution in [0.3, 0.4) is 0 Å². The molecule has 0 unspecified atom stereocenters. The lowest BCUT2D eigenvalue weighted by Gasteiger charge is -2.16. The van der Waals surface area contributed by atoms with Crippen molar-refractivity contribution in [3.63, 3.8) is 0 Å². The van der Waals surface area contributed by atoms with Crippen LogP contribution in [0.1, 0.15) is 33.6 Å². The van der Waals surface area contributed by atoms with Crippen molar-refractivity contribution >= 4 is 105 Å². The molecule has 0 aliphatic carbocycles. The molecule has 61 heavy (non-hydrogen) atoms. The Kier molecular flexibility index (Phi) is 16.7. The van der Waals surface area contributed by atoms with Gasteiger partial charge in [-0.25, -0.2) is 31.8 Å². The largest absolute Gasteiger partial charge is 0.459 e. The van der Waals surface area contributed by atoms with Gasteiger partial charge in [0.05, 0.1) is 19.1 Å². The summed E-state index contributed by atoms with van der Waals surface area (Å²) in [6.07, 6.45) is 10.8. The Hall–Kier alpha value is -4.15. The van der Waals surface area contributed by atoms with Crippen LogP contribution < -0.4 is 21.3 Å². The number of amides is 1. The summed E-state index contributed by atoms with van der Waals surface area (Å²) >= 11 is 6.73. The molecule has 0 fully saturated rings. The molecule has 21 heteroatoms. The summed E-state index contributed by atoms with van der Waals surface area (Å²) in [7, 11) is -4.74. The molecule has 3 aliphatic rings. The maximum absolute atomic E-state index is 12.7. The van der Waals surface area contributed by atoms with Gasteiger partial charge in [-0.3, -0.25) is 4.79 Å². The minimum absolute atomic E-state index is 0. The molecule has 0 spiro atoms. The summed E-state index contributed by atoms with van der Waals surface area (Å²) in [6, 6.07) is 13.6. The number of anilines is 3. The molecule has 7 heterocycles. The fourth-order valence-electron chi connectivity index (χ4n) is 6.59. The minimum Gasteiger partial charge on any atom is -0.459 e. The number of carbonyl (C=O) groups is 1. The van der Waals surface area contributed by atoms with E-state index in [0.29, 0.717) is 45.1 Å². The third-order valence-corrected chi connectivity index (χ3v) is 13.2. The van der Waals surface area contributed by atoms with E-state index in [1.165, 1.54) is 32.8 Å². The van der Waals surface area contributed by atoms with Crippen molar-refractivity contribution in [1.82, 2.24) is 33.8 Å². The molecule has 3 aliphatic heterocycles. The number of rotatable bonds is 6. The predicted octanol–water partition coefficient (Wildman–Crippen LogP) is 5.81. The highest BCUT2D eigenvalue weighted by molar-refractivity contribution is 9.10. The van der Waals surface area contributed by atoms with E-state index in [2.05, 4.69) is 74.1 Å². The third-order valence-electron chi connectivity index (χ3n) is 9.82. The topological polar surface area (TPSA) is 195 Å². The normalized spacial score (nSPS) is 15.5. The van der Waals surface area contributed by atoms with E-state index in [1.807, 2.05) is 49.5 Å². The van der Waals surface area contributed by atoms with Crippen molar-refractivity contribution in [2.24, 2.45) is 0 Å². The monoisotopic (exact) mass is 1020 g/mol. The zero-order chi connectivity index (χ0) is 43.0. The van der Waals surface area contributed by atoms with Gasteiger partial charge in [0.25, 0.3) is 0 Å². The summed E-state index contributed by atoms with van der Waals surface area (Å²) in [5, 5.41) is 13.9. The molecule has 0 saturated heterocycles. The van der Waals surface area contributed by atoms with E-state index in [1.54, 1.807) is 30.4 Å². The number of para-hydroxylation sites is 1. The highest BCUT2D eigenvalue weighted by Gasteiger charge is 2.23. The molecule has 4 aromatic heterocycles. The van der Waals surface area contributed by atoms with Gasteiger partial charge in [-0.15, -0.1) is 12.4 Å². The number of carbonyl (C=O) groups excluding carboxylic acids is 1. The second kappa shape index (κ2) is 21.3. The van der Waals surface area contributed by atoms with Gasteiger partial charge in [0.2, 0.25) is 26.0 Å². The fourth-order valence-corrected chi connectivity index (χ4v) is 8.94. The second-order valence-corrected chi connectivity index (χ2v) is 20.2. The van der Waals surface area contributed by atoms with Crippen molar-refractivity contribution in [2.45, 2.75) is 33.1 Å². The first-order valence-electron chi connectivity index (χ1n) is 19.1. The van der Waals surface area contributed by atoms with Crippen LogP contribution in [0.15, 0.2) is 80.5 Å². The van der Waals surface area contributed by atoms with Crippen LogP contribution in [0.2, 0.25) is 0 Å². The molecule has 5 aromatic rings. The molecular weight excluding hydrogens is 976 g/mol. The first-order chi connectivity index (χ1) is 28.5. The SMILES string of the molecule is Brc1cnc2c(c1)CNCCN2.CS(=O)(=O)N1CCNc2ncc(Br)cc2C1.Cc1c(CN(C)C(=O)/C=C/c2cnc3c(c2)CN(S(C)(=O)=O)CCN3)oc2ccccc12.Cl. The Morgan fingerprint density at radius 1 is 0.803 bits per heavy atom. The molecule has 8 rings (SSSR count). The smallest absolute Gasteiger partial charge is 0.246 e. The van der Waals surface area contributed by atoms with Crippen molar-refractivity contribution in [2.75, 3.05) is 74.8 Å². The summed E-state index contributed by atoms with van der Waals surface area (Å²) in [6.45, 7) is 7.72. The quantitative estimate of drug-likeness (QED) is 0.149. The number of fused-ring (bicyclic) bond motifs is 4. The standard InChI is InChI=1S/C23H26N4O4S.C9H12BrN3O2S.C8H10BrN3.ClH/c1-16-19-6-4-5-7-20(19)31-21(16)15-26(2)22(28)9-8-17-12-18-14-27(32(3,29)30)11-10-24-23(18)25-13-17;1-16(14,15)13-3-2-11-9-7(6-13)4-8(10)5-12-9;9-7-3-6-4-10-1-2-11-8(6)12-5-7;/h4-9,12-13H,10-11,14-15H2,1-3H3,(H,24,25);4-5H,2-3,6H2,1H3,(H,11,12);3,5,10H,1-2,4H2,(H,11,12);1H/b9-8+;;;. The second-order valence-electron chi connectivity index (χ2n) is 14.4. The lowest BCUT2D eigenvalue weighted by Crippen LogP contribution is -2.31. The van der Waals surface area contributed by atoms with Gasteiger partial charge >= 0.3 is 0 Å². The average Bonchev–Trinajstić information content (AvgIpc) is 3.50. The highest BCUT2D eigenvalue weighted by Crippen LogP contribution is 2.27. The van der Waals surface area contributed by atoms with Crippen LogP contribution in [0.25, 0.3) is 17.0 Å². The van der Waals surface area contributed by atoms with Crippen LogP contribution in [0.4, 0.5) is 17.5 Å². The molecule has 0 radical (unpaired) electrons. The number of sulfonamides is 2. The fraction of sp³-hybridized carbons (Fsp3) is 0.350. The number of benzene rings is 1. The van der Waals surface area contributed by atoms with Gasteiger partial charge in [-0.05, 0) is 74.7 Å². The zero-order valence-corrected chi connectivity index (χ0v) is 39.7. The summed E-state index contributed by atoms with van der Waals surface area (Å²) in [5.41, 5.74) is 5.45.